The molecule has 0 aliphatic carbocycles. The van der Waals surface area contributed by atoms with Crippen LogP contribution in [-0.2, 0) is 11.4 Å². The van der Waals surface area contributed by atoms with Crippen molar-refractivity contribution in [1.82, 2.24) is 4.90 Å². The Morgan fingerprint density at radius 1 is 0.971 bits per heavy atom. The highest BCUT2D eigenvalue weighted by molar-refractivity contribution is 9.11. The van der Waals surface area contributed by atoms with E-state index in [0.717, 1.165) is 37.4 Å². The Morgan fingerprint density at radius 2 is 1.63 bits per heavy atom. The summed E-state index contributed by atoms with van der Waals surface area (Å²) < 4.78 is 13.1. The molecule has 0 radical (unpaired) electrons. The predicted molar refractivity (Wildman–Crippen MR) is 147 cm³/mol. The van der Waals surface area contributed by atoms with Crippen LogP contribution in [-0.4, -0.2) is 29.2 Å². The number of rotatable bonds is 8. The van der Waals surface area contributed by atoms with Gasteiger partial charge in [-0.2, -0.15) is 0 Å². The molecule has 2 amide bonds. The summed E-state index contributed by atoms with van der Waals surface area (Å²) in [5.41, 5.74) is 2.87. The molecule has 1 heterocycles. The van der Waals surface area contributed by atoms with Gasteiger partial charge >= 0.3 is 0 Å². The van der Waals surface area contributed by atoms with Gasteiger partial charge in [0.25, 0.3) is 11.1 Å². The molecule has 0 N–H and O–H groups in total. The number of imide groups is 1. The van der Waals surface area contributed by atoms with Gasteiger partial charge in [0.05, 0.1) is 20.4 Å². The molecule has 3 aromatic carbocycles. The summed E-state index contributed by atoms with van der Waals surface area (Å²) >= 11 is 13.9. The van der Waals surface area contributed by atoms with E-state index in [1.165, 1.54) is 4.90 Å². The quantitative estimate of drug-likeness (QED) is 0.236. The molecule has 0 unspecified atom stereocenters. The number of benzene rings is 3. The highest BCUT2D eigenvalue weighted by Gasteiger charge is 2.34. The molecular formula is C26H20Br2ClNO4S. The Morgan fingerprint density at radius 3 is 2.29 bits per heavy atom. The third-order valence-electron chi connectivity index (χ3n) is 5.09. The van der Waals surface area contributed by atoms with Crippen molar-refractivity contribution < 1.29 is 19.1 Å². The van der Waals surface area contributed by atoms with E-state index in [4.69, 9.17) is 21.1 Å². The molecule has 4 rings (SSSR count). The van der Waals surface area contributed by atoms with Gasteiger partial charge in [-0.3, -0.25) is 14.5 Å². The van der Waals surface area contributed by atoms with Gasteiger partial charge in [-0.05, 0) is 104 Å². The lowest BCUT2D eigenvalue weighted by Gasteiger charge is -2.13. The zero-order chi connectivity index (χ0) is 24.9. The number of halogens is 3. The molecule has 5 nitrogen and oxygen atoms in total. The molecule has 0 aromatic heterocycles. The standard InChI is InChI=1S/C26H20Br2ClNO4S/c1-16-2-8-20(9-3-16)33-11-10-30-25(31)23(35-26(30)32)14-18-12-21(27)24(22(28)13-18)34-15-17-4-6-19(29)7-5-17/h2-9,12-14H,10-11,15H2,1H3/b23-14-. The van der Waals surface area contributed by atoms with Crippen LogP contribution in [0.5, 0.6) is 11.5 Å². The van der Waals surface area contributed by atoms with Crippen molar-refractivity contribution in [1.29, 1.82) is 0 Å². The van der Waals surface area contributed by atoms with Crippen molar-refractivity contribution in [2.24, 2.45) is 0 Å². The molecule has 1 saturated heterocycles. The second-order valence-corrected chi connectivity index (χ2v) is 10.9. The van der Waals surface area contributed by atoms with Crippen molar-refractivity contribution in [3.05, 3.63) is 96.2 Å². The average molecular weight is 638 g/mol. The third kappa shape index (κ3) is 6.70. The number of amides is 2. The van der Waals surface area contributed by atoms with Gasteiger partial charge in [-0.1, -0.05) is 41.4 Å². The number of aryl methyl sites for hydroxylation is 1. The minimum absolute atomic E-state index is 0.181. The lowest BCUT2D eigenvalue weighted by Crippen LogP contribution is -2.32. The number of nitrogens with zero attached hydrogens (tertiary/aromatic N) is 1. The maximum atomic E-state index is 12.8. The molecule has 0 spiro atoms. The average Bonchev–Trinajstić information content (AvgIpc) is 3.08. The lowest BCUT2D eigenvalue weighted by atomic mass is 10.2. The Bertz CT molecular complexity index is 1260. The zero-order valence-corrected chi connectivity index (χ0v) is 23.3. The molecular weight excluding hydrogens is 618 g/mol. The van der Waals surface area contributed by atoms with E-state index in [2.05, 4.69) is 31.9 Å². The van der Waals surface area contributed by atoms with Crippen LogP contribution < -0.4 is 9.47 Å². The first-order valence-electron chi connectivity index (χ1n) is 10.6. The van der Waals surface area contributed by atoms with E-state index >= 15 is 0 Å². The number of hydrogen-bond donors (Lipinski definition) is 0. The van der Waals surface area contributed by atoms with Crippen LogP contribution in [0.15, 0.2) is 74.5 Å². The minimum Gasteiger partial charge on any atom is -0.492 e. The highest BCUT2D eigenvalue weighted by atomic mass is 79.9. The Kier molecular flexibility index (Phi) is 8.59. The molecule has 1 aliphatic rings. The normalized spacial score (nSPS) is 14.6. The second-order valence-electron chi connectivity index (χ2n) is 7.72. The first-order chi connectivity index (χ1) is 16.8. The molecule has 0 bridgehead atoms. The van der Waals surface area contributed by atoms with E-state index in [1.54, 1.807) is 6.08 Å². The first kappa shape index (κ1) is 25.8. The van der Waals surface area contributed by atoms with Crippen molar-refractivity contribution in [2.75, 3.05) is 13.2 Å². The molecule has 3 aromatic rings. The van der Waals surface area contributed by atoms with Gasteiger partial charge < -0.3 is 9.47 Å². The van der Waals surface area contributed by atoms with Crippen molar-refractivity contribution in [3.8, 4) is 11.5 Å². The summed E-state index contributed by atoms with van der Waals surface area (Å²) in [5, 5.41) is 0.360. The van der Waals surface area contributed by atoms with E-state index in [-0.39, 0.29) is 24.3 Å². The molecule has 180 valence electrons. The Balaban J connectivity index is 1.40. The second kappa shape index (κ2) is 11.6. The fourth-order valence-corrected chi connectivity index (χ4v) is 5.71. The lowest BCUT2D eigenvalue weighted by molar-refractivity contribution is -0.123. The van der Waals surface area contributed by atoms with Crippen LogP contribution in [0.4, 0.5) is 4.79 Å². The third-order valence-corrected chi connectivity index (χ3v) is 7.43. The Hall–Kier alpha value is -2.26. The van der Waals surface area contributed by atoms with Crippen LogP contribution in [0.25, 0.3) is 6.08 Å². The molecule has 0 saturated carbocycles. The van der Waals surface area contributed by atoms with Crippen molar-refractivity contribution in [3.63, 3.8) is 0 Å². The topological polar surface area (TPSA) is 55.8 Å². The van der Waals surface area contributed by atoms with Crippen LogP contribution in [0.1, 0.15) is 16.7 Å². The fraction of sp³-hybridized carbons (Fsp3) is 0.154. The molecule has 1 fully saturated rings. The summed E-state index contributed by atoms with van der Waals surface area (Å²) in [7, 11) is 0. The van der Waals surface area contributed by atoms with Crippen molar-refractivity contribution >= 4 is 72.4 Å². The first-order valence-corrected chi connectivity index (χ1v) is 13.4. The van der Waals surface area contributed by atoms with E-state index in [0.29, 0.717) is 28.0 Å². The SMILES string of the molecule is Cc1ccc(OCCN2C(=O)S/C(=C\c3cc(Br)c(OCc4ccc(Cl)cc4)c(Br)c3)C2=O)cc1. The summed E-state index contributed by atoms with van der Waals surface area (Å²) in [6, 6.07) is 18.7. The van der Waals surface area contributed by atoms with Gasteiger partial charge in [0.2, 0.25) is 0 Å². The Labute approximate surface area is 229 Å². The smallest absolute Gasteiger partial charge is 0.293 e. The van der Waals surface area contributed by atoms with Gasteiger partial charge in [0.1, 0.15) is 24.7 Å². The number of thioether (sulfide) groups is 1. The van der Waals surface area contributed by atoms with E-state index in [1.807, 2.05) is 67.6 Å². The minimum atomic E-state index is -0.331. The highest BCUT2D eigenvalue weighted by Crippen LogP contribution is 2.38. The predicted octanol–water partition coefficient (Wildman–Crippen LogP) is 7.87. The number of hydrogen-bond acceptors (Lipinski definition) is 5. The summed E-state index contributed by atoms with van der Waals surface area (Å²) in [6.45, 7) is 2.78. The van der Waals surface area contributed by atoms with Crippen LogP contribution in [0.3, 0.4) is 0 Å². The maximum Gasteiger partial charge on any atom is 0.293 e. The molecule has 9 heteroatoms. The van der Waals surface area contributed by atoms with E-state index < -0.39 is 0 Å². The summed E-state index contributed by atoms with van der Waals surface area (Å²) in [4.78, 5) is 26.8. The molecule has 0 atom stereocenters. The largest absolute Gasteiger partial charge is 0.492 e. The molecule has 1 aliphatic heterocycles. The number of carbonyl (C=O) groups is 2. The monoisotopic (exact) mass is 635 g/mol. The van der Waals surface area contributed by atoms with Gasteiger partial charge in [0, 0.05) is 5.02 Å². The van der Waals surface area contributed by atoms with Crippen LogP contribution in [0.2, 0.25) is 5.02 Å². The number of carbonyl (C=O) groups excluding carboxylic acids is 2. The summed E-state index contributed by atoms with van der Waals surface area (Å²) in [6.07, 6.45) is 1.70. The van der Waals surface area contributed by atoms with Crippen molar-refractivity contribution in [2.45, 2.75) is 13.5 Å². The number of ether oxygens (including phenoxy) is 2. The van der Waals surface area contributed by atoms with Gasteiger partial charge in [0.15, 0.2) is 0 Å². The van der Waals surface area contributed by atoms with Gasteiger partial charge in [-0.15, -0.1) is 0 Å². The van der Waals surface area contributed by atoms with Gasteiger partial charge in [-0.25, -0.2) is 0 Å². The fourth-order valence-electron chi connectivity index (χ4n) is 3.27. The zero-order valence-electron chi connectivity index (χ0n) is 18.6. The van der Waals surface area contributed by atoms with E-state index in [9.17, 15) is 9.59 Å². The summed E-state index contributed by atoms with van der Waals surface area (Å²) in [5.74, 6) is 1.01. The molecule has 35 heavy (non-hydrogen) atoms. The van der Waals surface area contributed by atoms with Crippen LogP contribution in [0, 0.1) is 6.92 Å². The van der Waals surface area contributed by atoms with Crippen LogP contribution >= 0.6 is 55.2 Å². The maximum absolute atomic E-state index is 12.8.